The average Bonchev–Trinajstić information content (AvgIpc) is 3.20. The predicted octanol–water partition coefficient (Wildman–Crippen LogP) is 2.67. The Morgan fingerprint density at radius 1 is 1.33 bits per heavy atom. The quantitative estimate of drug-likeness (QED) is 0.577. The van der Waals surface area contributed by atoms with Crippen molar-refractivity contribution >= 4 is 22.8 Å². The number of rotatable bonds is 6. The molecule has 174 valence electrons. The maximum absolute atomic E-state index is 12.7. The summed E-state index contributed by atoms with van der Waals surface area (Å²) in [6.07, 6.45) is 6.82. The zero-order valence-corrected chi connectivity index (χ0v) is 19.7. The Balaban J connectivity index is 1.69. The van der Waals surface area contributed by atoms with Crippen LogP contribution >= 0.6 is 0 Å². The smallest absolute Gasteiger partial charge is 0.246 e. The van der Waals surface area contributed by atoms with Gasteiger partial charge >= 0.3 is 0 Å². The number of hydrogen-bond donors (Lipinski definition) is 1. The lowest BCUT2D eigenvalue weighted by molar-refractivity contribution is -0.127. The largest absolute Gasteiger partial charge is 0.496 e. The summed E-state index contributed by atoms with van der Waals surface area (Å²) in [7, 11) is 5.60. The summed E-state index contributed by atoms with van der Waals surface area (Å²) in [5, 5.41) is 5.66. The fourth-order valence-electron chi connectivity index (χ4n) is 4.24. The number of aromatic nitrogens is 4. The fraction of sp³-hybridized carbons (Fsp3) is 0.417. The number of anilines is 1. The first-order valence-electron chi connectivity index (χ1n) is 11.1. The first-order chi connectivity index (χ1) is 15.9. The summed E-state index contributed by atoms with van der Waals surface area (Å²) < 4.78 is 7.42. The van der Waals surface area contributed by atoms with Gasteiger partial charge in [-0.15, -0.1) is 0 Å². The second-order valence-corrected chi connectivity index (χ2v) is 8.68. The van der Waals surface area contributed by atoms with E-state index in [1.165, 1.54) is 6.33 Å². The molecule has 1 saturated heterocycles. The zero-order valence-electron chi connectivity index (χ0n) is 19.7. The molecule has 2 N–H and O–H groups in total. The number of aryl methyl sites for hydroxylation is 1. The molecule has 1 atom stereocenters. The highest BCUT2D eigenvalue weighted by Crippen LogP contribution is 2.35. The molecule has 1 unspecified atom stereocenters. The Kier molecular flexibility index (Phi) is 6.60. The third-order valence-electron chi connectivity index (χ3n) is 5.98. The van der Waals surface area contributed by atoms with Crippen molar-refractivity contribution < 1.29 is 9.53 Å². The lowest BCUT2D eigenvalue weighted by atomic mass is 10.1. The molecule has 9 heteroatoms. The minimum absolute atomic E-state index is 0.00263. The molecule has 33 heavy (non-hydrogen) atoms. The molecular weight excluding hydrogens is 418 g/mol. The number of carbonyl (C=O) groups excluding carboxylic acids is 1. The monoisotopic (exact) mass is 449 g/mol. The normalized spacial score (nSPS) is 16.8. The van der Waals surface area contributed by atoms with Crippen LogP contribution in [0.15, 0.2) is 36.7 Å². The Bertz CT molecular complexity index is 1190. The number of hydrogen-bond acceptors (Lipinski definition) is 7. The fourth-order valence-corrected chi connectivity index (χ4v) is 4.24. The van der Waals surface area contributed by atoms with Crippen molar-refractivity contribution in [2.45, 2.75) is 25.8 Å². The Labute approximate surface area is 193 Å². The maximum atomic E-state index is 12.7. The molecule has 4 rings (SSSR count). The van der Waals surface area contributed by atoms with E-state index in [0.717, 1.165) is 53.9 Å². The second-order valence-electron chi connectivity index (χ2n) is 8.68. The van der Waals surface area contributed by atoms with Crippen LogP contribution in [0.3, 0.4) is 0 Å². The number of carbonyl (C=O) groups is 1. The van der Waals surface area contributed by atoms with Gasteiger partial charge in [0.05, 0.1) is 18.5 Å². The van der Waals surface area contributed by atoms with Crippen LogP contribution in [-0.4, -0.2) is 76.3 Å². The maximum Gasteiger partial charge on any atom is 0.246 e. The van der Waals surface area contributed by atoms with Gasteiger partial charge in [0.25, 0.3) is 0 Å². The number of piperidine rings is 1. The highest BCUT2D eigenvalue weighted by molar-refractivity contribution is 5.98. The number of methoxy groups -OCH3 is 1. The van der Waals surface area contributed by atoms with Gasteiger partial charge in [0.15, 0.2) is 5.65 Å². The molecule has 0 radical (unpaired) electrons. The third-order valence-corrected chi connectivity index (χ3v) is 5.98. The minimum Gasteiger partial charge on any atom is -0.496 e. The third kappa shape index (κ3) is 4.68. The molecule has 1 amide bonds. The van der Waals surface area contributed by atoms with Gasteiger partial charge < -0.3 is 20.3 Å². The van der Waals surface area contributed by atoms with Gasteiger partial charge in [-0.1, -0.05) is 18.2 Å². The van der Waals surface area contributed by atoms with E-state index in [1.54, 1.807) is 13.2 Å². The summed E-state index contributed by atoms with van der Waals surface area (Å²) in [6.45, 7) is 4.03. The van der Waals surface area contributed by atoms with Gasteiger partial charge in [0.1, 0.15) is 23.6 Å². The Morgan fingerprint density at radius 2 is 2.15 bits per heavy atom. The zero-order chi connectivity index (χ0) is 23.5. The van der Waals surface area contributed by atoms with E-state index in [-0.39, 0.29) is 11.9 Å². The van der Waals surface area contributed by atoms with Gasteiger partial charge in [0.2, 0.25) is 5.91 Å². The standard InChI is InChI=1S/C24H31N7O2/c1-16-9-10-17(13-19(16)33-4)22-21-23(25)26-15-27-24(21)31(28-22)18-7-5-12-30(14-18)20(32)8-6-11-29(2)3/h6,8-10,13,15,18H,5,7,11-12,14H2,1-4H3,(H2,25,26,27). The lowest BCUT2D eigenvalue weighted by Gasteiger charge is -2.32. The summed E-state index contributed by atoms with van der Waals surface area (Å²) in [4.78, 5) is 25.4. The van der Waals surface area contributed by atoms with Crippen LogP contribution in [0.1, 0.15) is 24.4 Å². The summed E-state index contributed by atoms with van der Waals surface area (Å²) in [5.41, 5.74) is 9.60. The first-order valence-corrected chi connectivity index (χ1v) is 11.1. The molecular formula is C24H31N7O2. The van der Waals surface area contributed by atoms with Crippen LogP contribution in [0.5, 0.6) is 5.75 Å². The van der Waals surface area contributed by atoms with Crippen molar-refractivity contribution in [3.63, 3.8) is 0 Å². The molecule has 1 fully saturated rings. The number of benzene rings is 1. The minimum atomic E-state index is 0.00263. The molecule has 1 aliphatic heterocycles. The van der Waals surface area contributed by atoms with Gasteiger partial charge in [-0.2, -0.15) is 5.10 Å². The predicted molar refractivity (Wildman–Crippen MR) is 129 cm³/mol. The summed E-state index contributed by atoms with van der Waals surface area (Å²) in [6, 6.07) is 5.96. The molecule has 0 saturated carbocycles. The van der Waals surface area contributed by atoms with E-state index in [2.05, 4.69) is 9.97 Å². The van der Waals surface area contributed by atoms with Crippen LogP contribution in [0.25, 0.3) is 22.3 Å². The number of nitrogens with two attached hydrogens (primary N) is 1. The van der Waals surface area contributed by atoms with E-state index < -0.39 is 0 Å². The van der Waals surface area contributed by atoms with Crippen molar-refractivity contribution in [3.05, 3.63) is 42.2 Å². The van der Waals surface area contributed by atoms with E-state index in [0.29, 0.717) is 18.0 Å². The van der Waals surface area contributed by atoms with Crippen molar-refractivity contribution in [2.75, 3.05) is 46.6 Å². The molecule has 3 heterocycles. The van der Waals surface area contributed by atoms with Gasteiger partial charge in [-0.05, 0) is 45.5 Å². The second kappa shape index (κ2) is 9.58. The number of nitrogen functional groups attached to an aromatic ring is 1. The van der Waals surface area contributed by atoms with Crippen LogP contribution < -0.4 is 10.5 Å². The highest BCUT2D eigenvalue weighted by Gasteiger charge is 2.28. The number of ether oxygens (including phenoxy) is 1. The van der Waals surface area contributed by atoms with E-state index in [9.17, 15) is 4.79 Å². The highest BCUT2D eigenvalue weighted by atomic mass is 16.5. The van der Waals surface area contributed by atoms with Crippen molar-refractivity contribution in [2.24, 2.45) is 0 Å². The molecule has 2 aromatic heterocycles. The molecule has 1 aliphatic rings. The molecule has 1 aromatic carbocycles. The number of nitrogens with zero attached hydrogens (tertiary/aromatic N) is 6. The van der Waals surface area contributed by atoms with Crippen molar-refractivity contribution in [3.8, 4) is 17.0 Å². The molecule has 3 aromatic rings. The molecule has 0 bridgehead atoms. The lowest BCUT2D eigenvalue weighted by Crippen LogP contribution is -2.40. The number of likely N-dealkylation sites (N-methyl/N-ethyl adjacent to an activating group) is 1. The Morgan fingerprint density at radius 3 is 2.91 bits per heavy atom. The van der Waals surface area contributed by atoms with Gasteiger partial charge in [-0.25, -0.2) is 14.6 Å². The van der Waals surface area contributed by atoms with E-state index in [1.807, 2.05) is 59.8 Å². The molecule has 0 aliphatic carbocycles. The van der Waals surface area contributed by atoms with Crippen LogP contribution in [0, 0.1) is 6.92 Å². The van der Waals surface area contributed by atoms with E-state index >= 15 is 0 Å². The van der Waals surface area contributed by atoms with Crippen LogP contribution in [0.2, 0.25) is 0 Å². The number of likely N-dealkylation sites (tertiary alicyclic amines) is 1. The first kappa shape index (κ1) is 22.7. The van der Waals surface area contributed by atoms with Crippen molar-refractivity contribution in [1.29, 1.82) is 0 Å². The van der Waals surface area contributed by atoms with Gasteiger partial charge in [0, 0.05) is 31.3 Å². The Hall–Kier alpha value is -3.46. The van der Waals surface area contributed by atoms with Crippen LogP contribution in [0.4, 0.5) is 5.82 Å². The van der Waals surface area contributed by atoms with Crippen molar-refractivity contribution in [1.82, 2.24) is 29.5 Å². The van der Waals surface area contributed by atoms with Gasteiger partial charge in [-0.3, -0.25) is 4.79 Å². The topological polar surface area (TPSA) is 102 Å². The number of amides is 1. The summed E-state index contributed by atoms with van der Waals surface area (Å²) >= 11 is 0. The number of fused-ring (bicyclic) bond motifs is 1. The van der Waals surface area contributed by atoms with Crippen LogP contribution in [-0.2, 0) is 4.79 Å². The molecule has 0 spiro atoms. The SMILES string of the molecule is COc1cc(-c2nn(C3CCCN(C(=O)C=CCN(C)C)C3)c3ncnc(N)c23)ccc1C. The average molecular weight is 450 g/mol. The summed E-state index contributed by atoms with van der Waals surface area (Å²) in [5.74, 6) is 1.19. The van der Waals surface area contributed by atoms with E-state index in [4.69, 9.17) is 15.6 Å². The molecule has 9 nitrogen and oxygen atoms in total.